The Labute approximate surface area is 177 Å². The molecular formula is C18H25N3O5S3. The average Bonchev–Trinajstić information content (AvgIpc) is 3.21. The summed E-state index contributed by atoms with van der Waals surface area (Å²) in [5.74, 6) is -0.974. The molecule has 3 heterocycles. The summed E-state index contributed by atoms with van der Waals surface area (Å²) in [7, 11) is -3.69. The fourth-order valence-electron chi connectivity index (χ4n) is 3.36. The molecular weight excluding hydrogens is 434 g/mol. The molecule has 2 aromatic heterocycles. The van der Waals surface area contributed by atoms with E-state index < -0.39 is 27.9 Å². The Morgan fingerprint density at radius 1 is 1.24 bits per heavy atom. The molecule has 29 heavy (non-hydrogen) atoms. The number of piperidine rings is 1. The van der Waals surface area contributed by atoms with Gasteiger partial charge in [0.15, 0.2) is 0 Å². The standard InChI is InChI=1S/C18H25N3O5S3/c1-29(25,26)21-13(18(23)24)10-20-17(22)16-9-15-14(28-16)8-12(27-15)3-2-11-4-6-19-7-5-11/h8-9,11,13,19,21H,2-7,10H2,1H3,(H,20,22)(H,23,24)/t13-/m0/s1. The summed E-state index contributed by atoms with van der Waals surface area (Å²) < 4.78 is 26.6. The monoisotopic (exact) mass is 459 g/mol. The lowest BCUT2D eigenvalue weighted by Crippen LogP contribution is -2.47. The van der Waals surface area contributed by atoms with Crippen LogP contribution >= 0.6 is 22.7 Å². The minimum Gasteiger partial charge on any atom is -0.480 e. The summed E-state index contributed by atoms with van der Waals surface area (Å²) in [5, 5.41) is 15.0. The first-order valence-electron chi connectivity index (χ1n) is 9.42. The van der Waals surface area contributed by atoms with Gasteiger partial charge in [-0.1, -0.05) is 0 Å². The van der Waals surface area contributed by atoms with Crippen LogP contribution in [0.4, 0.5) is 0 Å². The molecule has 1 amide bonds. The number of fused-ring (bicyclic) bond motifs is 1. The van der Waals surface area contributed by atoms with Crippen molar-refractivity contribution in [1.29, 1.82) is 0 Å². The maximum atomic E-state index is 12.3. The molecule has 1 saturated heterocycles. The molecule has 3 rings (SSSR count). The zero-order chi connectivity index (χ0) is 21.0. The number of aryl methyl sites for hydroxylation is 1. The van der Waals surface area contributed by atoms with Gasteiger partial charge in [0.2, 0.25) is 10.0 Å². The molecule has 0 radical (unpaired) electrons. The number of hydrogen-bond acceptors (Lipinski definition) is 7. The Morgan fingerprint density at radius 2 is 1.93 bits per heavy atom. The molecule has 0 bridgehead atoms. The van der Waals surface area contributed by atoms with E-state index in [0.717, 1.165) is 41.1 Å². The van der Waals surface area contributed by atoms with E-state index in [2.05, 4.69) is 16.7 Å². The van der Waals surface area contributed by atoms with E-state index in [1.54, 1.807) is 11.3 Å². The summed E-state index contributed by atoms with van der Waals surface area (Å²) in [6.45, 7) is 1.88. The minimum absolute atomic E-state index is 0.325. The van der Waals surface area contributed by atoms with Crippen LogP contribution < -0.4 is 15.4 Å². The van der Waals surface area contributed by atoms with E-state index in [1.165, 1.54) is 35.5 Å². The predicted molar refractivity (Wildman–Crippen MR) is 115 cm³/mol. The number of hydrogen-bond donors (Lipinski definition) is 4. The average molecular weight is 460 g/mol. The van der Waals surface area contributed by atoms with Crippen LogP contribution in [0.5, 0.6) is 0 Å². The second-order valence-electron chi connectivity index (χ2n) is 7.27. The van der Waals surface area contributed by atoms with Crippen molar-refractivity contribution in [3.05, 3.63) is 21.9 Å². The summed E-state index contributed by atoms with van der Waals surface area (Å²) in [6.07, 6.45) is 5.58. The number of thiophene rings is 2. The number of nitrogens with one attached hydrogen (secondary N) is 3. The molecule has 0 aliphatic carbocycles. The van der Waals surface area contributed by atoms with Crippen LogP contribution in [0.25, 0.3) is 9.40 Å². The first-order chi connectivity index (χ1) is 13.7. The fourth-order valence-corrected chi connectivity index (χ4v) is 6.41. The third-order valence-electron chi connectivity index (χ3n) is 4.86. The van der Waals surface area contributed by atoms with Crippen molar-refractivity contribution in [2.24, 2.45) is 5.92 Å². The van der Waals surface area contributed by atoms with Gasteiger partial charge in [-0.2, -0.15) is 4.72 Å². The van der Waals surface area contributed by atoms with E-state index in [-0.39, 0.29) is 6.54 Å². The van der Waals surface area contributed by atoms with Gasteiger partial charge in [0.05, 0.1) is 11.1 Å². The predicted octanol–water partition coefficient (Wildman–Crippen LogP) is 1.63. The van der Waals surface area contributed by atoms with Gasteiger partial charge in [-0.15, -0.1) is 22.7 Å². The number of sulfonamides is 1. The van der Waals surface area contributed by atoms with Gasteiger partial charge in [0.25, 0.3) is 5.91 Å². The first kappa shape index (κ1) is 22.2. The van der Waals surface area contributed by atoms with Gasteiger partial charge in [-0.3, -0.25) is 9.59 Å². The highest BCUT2D eigenvalue weighted by Gasteiger charge is 2.23. The van der Waals surface area contributed by atoms with Crippen LogP contribution in [0.2, 0.25) is 0 Å². The quantitative estimate of drug-likeness (QED) is 0.452. The van der Waals surface area contributed by atoms with Gasteiger partial charge < -0.3 is 15.7 Å². The van der Waals surface area contributed by atoms with Gasteiger partial charge in [-0.25, -0.2) is 8.42 Å². The summed E-state index contributed by atoms with van der Waals surface area (Å²) in [4.78, 5) is 25.3. The largest absolute Gasteiger partial charge is 0.480 e. The second-order valence-corrected chi connectivity index (χ2v) is 11.3. The molecule has 1 fully saturated rings. The lowest BCUT2D eigenvalue weighted by Gasteiger charge is -2.22. The summed E-state index contributed by atoms with van der Waals surface area (Å²) in [5.41, 5.74) is 0. The summed E-state index contributed by atoms with van der Waals surface area (Å²) in [6, 6.07) is 2.54. The fraction of sp³-hybridized carbons (Fsp3) is 0.556. The van der Waals surface area contributed by atoms with E-state index in [9.17, 15) is 18.0 Å². The van der Waals surface area contributed by atoms with E-state index >= 15 is 0 Å². The molecule has 2 aromatic rings. The van der Waals surface area contributed by atoms with E-state index in [0.29, 0.717) is 4.88 Å². The van der Waals surface area contributed by atoms with Gasteiger partial charge in [-0.05, 0) is 56.8 Å². The first-order valence-corrected chi connectivity index (χ1v) is 12.9. The molecule has 160 valence electrons. The molecule has 0 saturated carbocycles. The zero-order valence-electron chi connectivity index (χ0n) is 16.1. The molecule has 4 N–H and O–H groups in total. The number of carbonyl (C=O) groups excluding carboxylic acids is 1. The molecule has 11 heteroatoms. The third kappa shape index (κ3) is 6.48. The number of carbonyl (C=O) groups is 2. The van der Waals surface area contributed by atoms with Crippen LogP contribution in [-0.2, 0) is 21.2 Å². The van der Waals surface area contributed by atoms with Gasteiger partial charge in [0.1, 0.15) is 6.04 Å². The zero-order valence-corrected chi connectivity index (χ0v) is 18.5. The molecule has 0 unspecified atom stereocenters. The number of carboxylic acid groups (broad SMARTS) is 1. The van der Waals surface area contributed by atoms with Crippen LogP contribution in [0.1, 0.15) is 33.8 Å². The Kier molecular flexibility index (Phi) is 7.28. The lowest BCUT2D eigenvalue weighted by molar-refractivity contribution is -0.138. The van der Waals surface area contributed by atoms with Gasteiger partial charge >= 0.3 is 5.97 Å². The number of carboxylic acids is 1. The van der Waals surface area contributed by atoms with Crippen molar-refractivity contribution in [2.75, 3.05) is 25.9 Å². The number of rotatable bonds is 9. The van der Waals surface area contributed by atoms with Crippen molar-refractivity contribution in [3.8, 4) is 0 Å². The van der Waals surface area contributed by atoms with Crippen LogP contribution in [0, 0.1) is 5.92 Å². The normalized spacial score (nSPS) is 16.7. The second kappa shape index (κ2) is 9.52. The molecule has 8 nitrogen and oxygen atoms in total. The van der Waals surface area contributed by atoms with Crippen molar-refractivity contribution in [3.63, 3.8) is 0 Å². The van der Waals surface area contributed by atoms with Crippen LogP contribution in [0.15, 0.2) is 12.1 Å². The number of aliphatic carboxylic acids is 1. The molecule has 1 aliphatic heterocycles. The minimum atomic E-state index is -3.69. The third-order valence-corrected chi connectivity index (χ3v) is 7.93. The highest BCUT2D eigenvalue weighted by atomic mass is 32.2. The molecule has 0 aromatic carbocycles. The van der Waals surface area contributed by atoms with Gasteiger partial charge in [0, 0.05) is 20.8 Å². The highest BCUT2D eigenvalue weighted by molar-refractivity contribution is 7.88. The van der Waals surface area contributed by atoms with Crippen molar-refractivity contribution in [1.82, 2.24) is 15.4 Å². The Bertz CT molecular complexity index is 945. The van der Waals surface area contributed by atoms with Crippen molar-refractivity contribution >= 4 is 54.0 Å². The Balaban J connectivity index is 1.56. The topological polar surface area (TPSA) is 125 Å². The smallest absolute Gasteiger partial charge is 0.323 e. The Morgan fingerprint density at radius 3 is 2.55 bits per heavy atom. The molecule has 1 atom stereocenters. The molecule has 0 spiro atoms. The maximum absolute atomic E-state index is 12.3. The highest BCUT2D eigenvalue weighted by Crippen LogP contribution is 2.34. The van der Waals surface area contributed by atoms with Crippen LogP contribution in [-0.4, -0.2) is 57.3 Å². The van der Waals surface area contributed by atoms with E-state index in [4.69, 9.17) is 5.11 Å². The molecule has 1 aliphatic rings. The number of amides is 1. The van der Waals surface area contributed by atoms with Crippen molar-refractivity contribution in [2.45, 2.75) is 31.7 Å². The SMILES string of the molecule is CS(=O)(=O)N[C@@H](CNC(=O)c1cc2sc(CCC3CCNCC3)cc2s1)C(=O)O. The van der Waals surface area contributed by atoms with Crippen molar-refractivity contribution < 1.29 is 23.1 Å². The lowest BCUT2D eigenvalue weighted by atomic mass is 9.93. The van der Waals surface area contributed by atoms with Crippen LogP contribution in [0.3, 0.4) is 0 Å². The maximum Gasteiger partial charge on any atom is 0.323 e. The Hall–Kier alpha value is -1.53. The summed E-state index contributed by atoms with van der Waals surface area (Å²) >= 11 is 3.05. The van der Waals surface area contributed by atoms with E-state index in [1.807, 2.05) is 10.8 Å².